The summed E-state index contributed by atoms with van der Waals surface area (Å²) in [5, 5.41) is 1.44. The fraction of sp³-hybridized carbons (Fsp3) is 0.407. The van der Waals surface area contributed by atoms with Gasteiger partial charge in [-0.3, -0.25) is 23.9 Å². The molecule has 1 unspecified atom stereocenters. The van der Waals surface area contributed by atoms with Gasteiger partial charge in [-0.05, 0) is 32.2 Å². The van der Waals surface area contributed by atoms with Crippen LogP contribution in [0.25, 0.3) is 10.8 Å². The molecule has 2 aromatic carbocycles. The van der Waals surface area contributed by atoms with E-state index in [-0.39, 0.29) is 18.3 Å². The summed E-state index contributed by atoms with van der Waals surface area (Å²) in [6.07, 6.45) is -0.411. The van der Waals surface area contributed by atoms with Crippen LogP contribution >= 0.6 is 7.60 Å². The van der Waals surface area contributed by atoms with E-state index >= 15 is 4.39 Å². The largest absolute Gasteiger partial charge is 0.461 e. The van der Waals surface area contributed by atoms with Crippen molar-refractivity contribution in [3.8, 4) is 5.75 Å². The Hall–Kier alpha value is -3.60. The average Bonchev–Trinajstić information content (AvgIpc) is 3.20. The molecule has 11 nitrogen and oxygen atoms in total. The molecule has 0 amide bonds. The van der Waals surface area contributed by atoms with E-state index in [1.165, 1.54) is 13.1 Å². The topological polar surface area (TPSA) is 138 Å². The second kappa shape index (κ2) is 11.9. The van der Waals surface area contributed by atoms with E-state index in [0.717, 1.165) is 22.0 Å². The number of aromatic amines is 1. The zero-order valence-electron chi connectivity index (χ0n) is 22.5. The Morgan fingerprint density at radius 2 is 1.95 bits per heavy atom. The molecule has 1 aliphatic heterocycles. The van der Waals surface area contributed by atoms with Crippen LogP contribution in [0.2, 0.25) is 0 Å². The normalized spacial score (nSPS) is 23.4. The summed E-state index contributed by atoms with van der Waals surface area (Å²) in [6, 6.07) is 12.4. The van der Waals surface area contributed by atoms with Crippen LogP contribution in [0.15, 0.2) is 69.3 Å². The van der Waals surface area contributed by atoms with Crippen LogP contribution in [0.3, 0.4) is 0 Å². The van der Waals surface area contributed by atoms with Crippen molar-refractivity contribution in [3.05, 3.63) is 75.6 Å². The number of carbonyl (C=O) groups is 1. The van der Waals surface area contributed by atoms with Gasteiger partial charge in [0.25, 0.3) is 5.56 Å². The van der Waals surface area contributed by atoms with Gasteiger partial charge in [-0.2, -0.15) is 0 Å². The van der Waals surface area contributed by atoms with Crippen molar-refractivity contribution in [1.29, 1.82) is 0 Å². The molecule has 2 heterocycles. The number of nitrogens with zero attached hydrogens (tertiary/aromatic N) is 2. The van der Waals surface area contributed by atoms with Crippen LogP contribution < -0.4 is 15.8 Å². The second-order valence-corrected chi connectivity index (χ2v) is 11.6. The van der Waals surface area contributed by atoms with Crippen molar-refractivity contribution in [2.75, 3.05) is 6.61 Å². The molecule has 1 N–H and O–H groups in total. The Labute approximate surface area is 229 Å². The quantitative estimate of drug-likeness (QED) is 0.211. The Morgan fingerprint density at radius 3 is 2.67 bits per heavy atom. The zero-order valence-corrected chi connectivity index (χ0v) is 23.4. The van der Waals surface area contributed by atoms with Gasteiger partial charge in [0.05, 0.1) is 6.10 Å². The van der Waals surface area contributed by atoms with Gasteiger partial charge in [-0.15, -0.1) is 0 Å². The fourth-order valence-electron chi connectivity index (χ4n) is 4.27. The molecule has 0 bridgehead atoms. The third kappa shape index (κ3) is 6.93. The summed E-state index contributed by atoms with van der Waals surface area (Å²) in [5.74, 6) is -2.53. The highest BCUT2D eigenvalue weighted by Crippen LogP contribution is 2.50. The lowest BCUT2D eigenvalue weighted by molar-refractivity contribution is -0.174. The molecule has 1 aromatic heterocycles. The Balaban J connectivity index is 1.59. The standard InChI is InChI=1S/C27H31FN3O8P/c1-17(2)37-25(33)19(4)29-16-40(35,39-22-11-7-9-20-8-5-6-10-21(20)22)36-15-27(28)14-18(3)24(38-27)31-13-12-23(32)30-26(31)34/h5-13,16-19,24H,14-15H2,1-4H3,(H,30,32,34)/b29-16+/t18-,19-,24+,27-,40?/m0/s1. The van der Waals surface area contributed by atoms with Gasteiger partial charge in [0.15, 0.2) is 0 Å². The van der Waals surface area contributed by atoms with E-state index in [1.807, 2.05) is 18.2 Å². The molecule has 214 valence electrons. The predicted molar refractivity (Wildman–Crippen MR) is 146 cm³/mol. The van der Waals surface area contributed by atoms with Crippen molar-refractivity contribution in [1.82, 2.24) is 9.55 Å². The summed E-state index contributed by atoms with van der Waals surface area (Å²) in [6.45, 7) is 5.66. The molecule has 0 saturated carbocycles. The maximum atomic E-state index is 15.9. The lowest BCUT2D eigenvalue weighted by Gasteiger charge is -2.24. The molecular weight excluding hydrogens is 544 g/mol. The van der Waals surface area contributed by atoms with Crippen LogP contribution in [0, 0.1) is 5.92 Å². The number of H-pyrrole nitrogens is 1. The number of halogens is 1. The summed E-state index contributed by atoms with van der Waals surface area (Å²) in [4.78, 5) is 42.0. The van der Waals surface area contributed by atoms with Crippen molar-refractivity contribution < 1.29 is 32.3 Å². The highest BCUT2D eigenvalue weighted by molar-refractivity contribution is 7.70. The Morgan fingerprint density at radius 1 is 1.23 bits per heavy atom. The number of aliphatic imine (C=N–C) groups is 1. The Kier molecular flexibility index (Phi) is 8.72. The number of alkyl halides is 1. The van der Waals surface area contributed by atoms with Crippen molar-refractivity contribution in [3.63, 3.8) is 0 Å². The number of fused-ring (bicyclic) bond motifs is 1. The average molecular weight is 576 g/mol. The summed E-state index contributed by atoms with van der Waals surface area (Å²) >= 11 is 0. The number of hydrogen-bond donors (Lipinski definition) is 1. The van der Waals surface area contributed by atoms with E-state index in [4.69, 9.17) is 18.5 Å². The number of rotatable bonds is 10. The maximum Gasteiger partial charge on any atom is 0.421 e. The Bertz CT molecular complexity index is 1570. The molecule has 5 atom stereocenters. The van der Waals surface area contributed by atoms with Crippen LogP contribution in [-0.4, -0.2) is 46.1 Å². The minimum Gasteiger partial charge on any atom is -0.461 e. The number of ether oxygens (including phenoxy) is 2. The summed E-state index contributed by atoms with van der Waals surface area (Å²) < 4.78 is 52.9. The summed E-state index contributed by atoms with van der Waals surface area (Å²) in [5.41, 5.74) is -1.35. The molecule has 3 aromatic rings. The molecule has 4 rings (SSSR count). The molecular formula is C27H31FN3O8P. The molecule has 0 radical (unpaired) electrons. The number of benzene rings is 2. The van der Waals surface area contributed by atoms with E-state index in [0.29, 0.717) is 5.39 Å². The number of hydrogen-bond acceptors (Lipinski definition) is 9. The minimum atomic E-state index is -4.33. The first kappa shape index (κ1) is 29.4. The molecule has 40 heavy (non-hydrogen) atoms. The molecule has 0 spiro atoms. The fourth-order valence-corrected chi connectivity index (χ4v) is 5.61. The monoisotopic (exact) mass is 575 g/mol. The number of aromatic nitrogens is 2. The third-order valence-corrected chi connectivity index (χ3v) is 7.49. The SMILES string of the molecule is CC(C)OC(=O)[C@H](C)/N=C/P(=O)(OC[C@]1(F)C[C@H](C)[C@H](n2ccc(=O)[nH]c2=O)O1)Oc1cccc2ccccc12. The van der Waals surface area contributed by atoms with Crippen molar-refractivity contribution in [2.24, 2.45) is 10.9 Å². The third-order valence-electron chi connectivity index (χ3n) is 6.13. The first-order valence-electron chi connectivity index (χ1n) is 12.7. The van der Waals surface area contributed by atoms with Gasteiger partial charge >= 0.3 is 19.3 Å². The first-order valence-corrected chi connectivity index (χ1v) is 14.3. The minimum absolute atomic E-state index is 0.203. The van der Waals surface area contributed by atoms with Crippen LogP contribution in [0.1, 0.15) is 40.3 Å². The van der Waals surface area contributed by atoms with E-state index < -0.39 is 55.5 Å². The molecule has 13 heteroatoms. The van der Waals surface area contributed by atoms with Gasteiger partial charge in [-0.1, -0.05) is 43.3 Å². The smallest absolute Gasteiger partial charge is 0.421 e. The number of esters is 1. The van der Waals surface area contributed by atoms with Gasteiger partial charge in [-0.25, -0.2) is 18.5 Å². The van der Waals surface area contributed by atoms with Crippen LogP contribution in [0.4, 0.5) is 4.39 Å². The van der Waals surface area contributed by atoms with Gasteiger partial charge in [0.1, 0.15) is 30.6 Å². The lowest BCUT2D eigenvalue weighted by atomic mass is 10.1. The van der Waals surface area contributed by atoms with Gasteiger partial charge < -0.3 is 14.0 Å². The number of carbonyl (C=O) groups excluding carboxylic acids is 1. The lowest BCUT2D eigenvalue weighted by Crippen LogP contribution is -2.34. The van der Waals surface area contributed by atoms with E-state index in [2.05, 4.69) is 9.98 Å². The molecule has 1 saturated heterocycles. The number of nitrogens with one attached hydrogen (secondary N) is 1. The highest BCUT2D eigenvalue weighted by atomic mass is 31.2. The van der Waals surface area contributed by atoms with E-state index in [9.17, 15) is 18.9 Å². The first-order chi connectivity index (χ1) is 18.9. The maximum absolute atomic E-state index is 15.9. The molecule has 0 aliphatic carbocycles. The predicted octanol–water partition coefficient (Wildman–Crippen LogP) is 4.57. The van der Waals surface area contributed by atoms with Crippen molar-refractivity contribution in [2.45, 2.75) is 58.3 Å². The van der Waals surface area contributed by atoms with E-state index in [1.54, 1.807) is 45.0 Å². The zero-order chi connectivity index (χ0) is 29.1. The highest BCUT2D eigenvalue weighted by Gasteiger charge is 2.48. The summed E-state index contributed by atoms with van der Waals surface area (Å²) in [7, 11) is -4.33. The van der Waals surface area contributed by atoms with Gasteiger partial charge in [0.2, 0.25) is 5.85 Å². The van der Waals surface area contributed by atoms with Crippen LogP contribution in [0.5, 0.6) is 5.75 Å². The van der Waals surface area contributed by atoms with Crippen LogP contribution in [-0.2, 0) is 23.4 Å². The van der Waals surface area contributed by atoms with Crippen molar-refractivity contribution >= 4 is 30.3 Å². The van der Waals surface area contributed by atoms with Gasteiger partial charge in [0, 0.05) is 30.0 Å². The molecule has 1 aliphatic rings. The second-order valence-electron chi connectivity index (χ2n) is 9.90. The molecule has 1 fully saturated rings.